The van der Waals surface area contributed by atoms with Crippen LogP contribution in [-0.2, 0) is 13.0 Å². The molecule has 0 aliphatic carbocycles. The lowest BCUT2D eigenvalue weighted by molar-refractivity contribution is 0.362. The van der Waals surface area contributed by atoms with Gasteiger partial charge in [0.1, 0.15) is 0 Å². The first-order valence-corrected chi connectivity index (χ1v) is 5.49. The molecular weight excluding hydrogens is 170 g/mol. The third kappa shape index (κ3) is 2.58. The SMILES string of the molecule is CC.CC1(C)Cc2ccccc2CN1. The van der Waals surface area contributed by atoms with Crippen LogP contribution in [0.15, 0.2) is 24.3 Å². The van der Waals surface area contributed by atoms with E-state index in [0.29, 0.717) is 0 Å². The fourth-order valence-corrected chi connectivity index (χ4v) is 1.78. The fourth-order valence-electron chi connectivity index (χ4n) is 1.78. The van der Waals surface area contributed by atoms with Crippen molar-refractivity contribution >= 4 is 0 Å². The summed E-state index contributed by atoms with van der Waals surface area (Å²) in [6.07, 6.45) is 1.14. The number of benzene rings is 1. The molecule has 0 radical (unpaired) electrons. The van der Waals surface area contributed by atoms with Crippen LogP contribution in [0.25, 0.3) is 0 Å². The molecule has 14 heavy (non-hydrogen) atoms. The van der Waals surface area contributed by atoms with Gasteiger partial charge in [0.2, 0.25) is 0 Å². The maximum atomic E-state index is 3.51. The molecule has 0 saturated carbocycles. The van der Waals surface area contributed by atoms with Crippen molar-refractivity contribution in [3.63, 3.8) is 0 Å². The molecule has 0 unspecified atom stereocenters. The minimum absolute atomic E-state index is 0.272. The van der Waals surface area contributed by atoms with E-state index in [4.69, 9.17) is 0 Å². The van der Waals surface area contributed by atoms with E-state index in [1.807, 2.05) is 13.8 Å². The number of rotatable bonds is 0. The van der Waals surface area contributed by atoms with Crippen molar-refractivity contribution in [2.24, 2.45) is 0 Å². The molecular formula is C13H21N. The lowest BCUT2D eigenvalue weighted by Gasteiger charge is -2.32. The van der Waals surface area contributed by atoms with E-state index in [1.54, 1.807) is 0 Å². The molecule has 0 saturated heterocycles. The topological polar surface area (TPSA) is 12.0 Å². The van der Waals surface area contributed by atoms with Crippen molar-refractivity contribution in [2.75, 3.05) is 0 Å². The fraction of sp³-hybridized carbons (Fsp3) is 0.538. The molecule has 1 aromatic carbocycles. The Balaban J connectivity index is 0.000000461. The first-order chi connectivity index (χ1) is 6.67. The van der Waals surface area contributed by atoms with Crippen molar-refractivity contribution < 1.29 is 0 Å². The molecule has 78 valence electrons. The number of fused-ring (bicyclic) bond motifs is 1. The highest BCUT2D eigenvalue weighted by atomic mass is 15.0. The average Bonchev–Trinajstić information content (AvgIpc) is 2.19. The zero-order chi connectivity index (χ0) is 10.6. The molecule has 1 heterocycles. The van der Waals surface area contributed by atoms with Crippen LogP contribution in [0.3, 0.4) is 0 Å². The van der Waals surface area contributed by atoms with Gasteiger partial charge in [0, 0.05) is 12.1 Å². The van der Waals surface area contributed by atoms with Crippen molar-refractivity contribution in [1.29, 1.82) is 0 Å². The van der Waals surface area contributed by atoms with Crippen LogP contribution in [-0.4, -0.2) is 5.54 Å². The average molecular weight is 191 g/mol. The molecule has 1 heteroatoms. The van der Waals surface area contributed by atoms with Crippen LogP contribution in [0.5, 0.6) is 0 Å². The summed E-state index contributed by atoms with van der Waals surface area (Å²) in [6, 6.07) is 8.68. The smallest absolute Gasteiger partial charge is 0.0213 e. The summed E-state index contributed by atoms with van der Waals surface area (Å²) in [5.74, 6) is 0. The maximum absolute atomic E-state index is 3.51. The van der Waals surface area contributed by atoms with E-state index in [2.05, 4.69) is 43.4 Å². The van der Waals surface area contributed by atoms with Crippen molar-refractivity contribution in [2.45, 2.75) is 46.2 Å². The molecule has 0 fully saturated rings. The van der Waals surface area contributed by atoms with E-state index < -0.39 is 0 Å². The maximum Gasteiger partial charge on any atom is 0.0213 e. The molecule has 1 aliphatic heterocycles. The molecule has 0 bridgehead atoms. The van der Waals surface area contributed by atoms with Gasteiger partial charge in [-0.05, 0) is 31.4 Å². The summed E-state index contributed by atoms with van der Waals surface area (Å²) in [6.45, 7) is 9.52. The Hall–Kier alpha value is -0.820. The van der Waals surface area contributed by atoms with Crippen molar-refractivity contribution in [3.05, 3.63) is 35.4 Å². The van der Waals surface area contributed by atoms with Gasteiger partial charge in [-0.1, -0.05) is 38.1 Å². The Kier molecular flexibility index (Phi) is 3.70. The van der Waals surface area contributed by atoms with Gasteiger partial charge in [0.05, 0.1) is 0 Å². The second kappa shape index (κ2) is 4.61. The minimum Gasteiger partial charge on any atom is -0.307 e. The molecule has 2 rings (SSSR count). The second-order valence-electron chi connectivity index (χ2n) is 4.18. The van der Waals surface area contributed by atoms with Gasteiger partial charge in [-0.15, -0.1) is 0 Å². The summed E-state index contributed by atoms with van der Waals surface area (Å²) in [4.78, 5) is 0. The van der Waals surface area contributed by atoms with Crippen LogP contribution in [0.2, 0.25) is 0 Å². The summed E-state index contributed by atoms with van der Waals surface area (Å²) >= 11 is 0. The van der Waals surface area contributed by atoms with Gasteiger partial charge in [-0.25, -0.2) is 0 Å². The van der Waals surface area contributed by atoms with Gasteiger partial charge in [-0.2, -0.15) is 0 Å². The Labute approximate surface area is 87.5 Å². The highest BCUT2D eigenvalue weighted by Crippen LogP contribution is 2.21. The molecule has 0 amide bonds. The highest BCUT2D eigenvalue weighted by Gasteiger charge is 2.23. The predicted octanol–water partition coefficient (Wildman–Crippen LogP) is 3.14. The van der Waals surface area contributed by atoms with E-state index in [1.165, 1.54) is 11.1 Å². The van der Waals surface area contributed by atoms with Crippen molar-refractivity contribution in [1.82, 2.24) is 5.32 Å². The summed E-state index contributed by atoms with van der Waals surface area (Å²) in [7, 11) is 0. The molecule has 1 aliphatic rings. The van der Waals surface area contributed by atoms with Crippen LogP contribution in [0, 0.1) is 0 Å². The summed E-state index contributed by atoms with van der Waals surface area (Å²) in [5, 5.41) is 3.51. The zero-order valence-corrected chi connectivity index (χ0v) is 9.72. The Morgan fingerprint density at radius 2 is 1.64 bits per heavy atom. The lowest BCUT2D eigenvalue weighted by atomic mass is 9.88. The monoisotopic (exact) mass is 191 g/mol. The molecule has 1 N–H and O–H groups in total. The molecule has 0 atom stereocenters. The van der Waals surface area contributed by atoms with Crippen LogP contribution in [0.4, 0.5) is 0 Å². The highest BCUT2D eigenvalue weighted by molar-refractivity contribution is 5.30. The molecule has 0 spiro atoms. The molecule has 1 aromatic rings. The zero-order valence-electron chi connectivity index (χ0n) is 9.72. The predicted molar refractivity (Wildman–Crippen MR) is 62.4 cm³/mol. The standard InChI is InChI=1S/C11H15N.C2H6/c1-11(2)7-9-5-3-4-6-10(9)8-12-11;1-2/h3-6,12H,7-8H2,1-2H3;1-2H3. The van der Waals surface area contributed by atoms with Gasteiger partial charge in [0.15, 0.2) is 0 Å². The van der Waals surface area contributed by atoms with E-state index in [-0.39, 0.29) is 5.54 Å². The van der Waals surface area contributed by atoms with E-state index in [9.17, 15) is 0 Å². The van der Waals surface area contributed by atoms with Gasteiger partial charge in [0.25, 0.3) is 0 Å². The quantitative estimate of drug-likeness (QED) is 0.664. The number of nitrogens with one attached hydrogen (secondary N) is 1. The minimum atomic E-state index is 0.272. The Bertz CT molecular complexity index is 289. The lowest BCUT2D eigenvalue weighted by Crippen LogP contribution is -2.44. The first-order valence-electron chi connectivity index (χ1n) is 5.49. The van der Waals surface area contributed by atoms with Gasteiger partial charge in [-0.3, -0.25) is 0 Å². The van der Waals surface area contributed by atoms with Crippen LogP contribution < -0.4 is 5.32 Å². The Morgan fingerprint density at radius 3 is 2.29 bits per heavy atom. The van der Waals surface area contributed by atoms with Crippen LogP contribution >= 0.6 is 0 Å². The number of hydrogen-bond acceptors (Lipinski definition) is 1. The third-order valence-corrected chi connectivity index (χ3v) is 2.51. The number of hydrogen-bond donors (Lipinski definition) is 1. The third-order valence-electron chi connectivity index (χ3n) is 2.51. The molecule has 1 nitrogen and oxygen atoms in total. The van der Waals surface area contributed by atoms with E-state index >= 15 is 0 Å². The van der Waals surface area contributed by atoms with Gasteiger partial charge >= 0.3 is 0 Å². The second-order valence-corrected chi connectivity index (χ2v) is 4.18. The first kappa shape index (κ1) is 11.3. The Morgan fingerprint density at radius 1 is 1.07 bits per heavy atom. The largest absolute Gasteiger partial charge is 0.307 e. The van der Waals surface area contributed by atoms with Crippen molar-refractivity contribution in [3.8, 4) is 0 Å². The van der Waals surface area contributed by atoms with Gasteiger partial charge < -0.3 is 5.32 Å². The normalized spacial score (nSPS) is 17.7. The van der Waals surface area contributed by atoms with E-state index in [0.717, 1.165) is 13.0 Å². The van der Waals surface area contributed by atoms with Crippen LogP contribution in [0.1, 0.15) is 38.8 Å². The summed E-state index contributed by atoms with van der Waals surface area (Å²) in [5.41, 5.74) is 3.23. The molecule has 0 aromatic heterocycles. The summed E-state index contributed by atoms with van der Waals surface area (Å²) < 4.78 is 0.